The van der Waals surface area contributed by atoms with E-state index >= 15 is 0 Å². The van der Waals surface area contributed by atoms with Crippen molar-refractivity contribution in [2.24, 2.45) is 40.1 Å². The first-order valence-electron chi connectivity index (χ1n) is 6.52. The van der Waals surface area contributed by atoms with Crippen molar-refractivity contribution in [1.82, 2.24) is 4.90 Å². The number of hydrogen-bond donors (Lipinski definition) is 2. The van der Waals surface area contributed by atoms with Crippen LogP contribution in [0.3, 0.4) is 0 Å². The van der Waals surface area contributed by atoms with Crippen molar-refractivity contribution in [2.45, 2.75) is 19.3 Å². The zero-order valence-corrected chi connectivity index (χ0v) is 9.81. The van der Waals surface area contributed by atoms with Crippen LogP contribution in [0.5, 0.6) is 0 Å². The summed E-state index contributed by atoms with van der Waals surface area (Å²) in [4.78, 5) is 6.63. The molecular formula is C12H22N4. The van der Waals surface area contributed by atoms with Crippen LogP contribution in [-0.4, -0.2) is 37.0 Å². The van der Waals surface area contributed by atoms with Gasteiger partial charge >= 0.3 is 0 Å². The predicted octanol–water partition coefficient (Wildman–Crippen LogP) is 0.238. The average molecular weight is 222 g/mol. The van der Waals surface area contributed by atoms with Gasteiger partial charge in [0.2, 0.25) is 0 Å². The lowest BCUT2D eigenvalue weighted by Crippen LogP contribution is -2.28. The van der Waals surface area contributed by atoms with E-state index in [1.54, 1.807) is 0 Å². The lowest BCUT2D eigenvalue weighted by Gasteiger charge is -2.22. The maximum absolute atomic E-state index is 5.33. The molecule has 3 aliphatic rings. The van der Waals surface area contributed by atoms with Gasteiger partial charge in [0.1, 0.15) is 0 Å². The Kier molecular flexibility index (Phi) is 2.54. The number of nitrogens with zero attached hydrogens (tertiary/aromatic N) is 2. The highest BCUT2D eigenvalue weighted by Crippen LogP contribution is 2.54. The SMILES string of the molecule is NC(N)=NCCN1C[C@@H]2[C@@H]3CC[C@@H](C3)[C@@H]2C1. The van der Waals surface area contributed by atoms with Crippen LogP contribution in [0.2, 0.25) is 0 Å². The number of aliphatic imine (C=N–C) groups is 1. The molecule has 2 saturated carbocycles. The first-order valence-corrected chi connectivity index (χ1v) is 6.52. The molecular weight excluding hydrogens is 200 g/mol. The number of likely N-dealkylation sites (tertiary alicyclic amines) is 1. The molecule has 4 heteroatoms. The van der Waals surface area contributed by atoms with Crippen LogP contribution >= 0.6 is 0 Å². The lowest BCUT2D eigenvalue weighted by molar-refractivity contribution is 0.281. The van der Waals surface area contributed by atoms with Gasteiger partial charge in [-0.25, -0.2) is 0 Å². The third-order valence-corrected chi connectivity index (χ3v) is 4.92. The molecule has 4 atom stereocenters. The van der Waals surface area contributed by atoms with E-state index in [1.807, 2.05) is 0 Å². The Balaban J connectivity index is 1.52. The summed E-state index contributed by atoms with van der Waals surface area (Å²) in [5, 5.41) is 0. The molecule has 1 saturated heterocycles. The summed E-state index contributed by atoms with van der Waals surface area (Å²) in [5.74, 6) is 4.31. The average Bonchev–Trinajstić information content (AvgIpc) is 2.87. The normalized spacial score (nSPS) is 41.2. The van der Waals surface area contributed by atoms with Crippen molar-refractivity contribution in [3.8, 4) is 0 Å². The number of guanidine groups is 1. The zero-order chi connectivity index (χ0) is 11.1. The van der Waals surface area contributed by atoms with Crippen molar-refractivity contribution in [2.75, 3.05) is 26.2 Å². The Labute approximate surface area is 97.1 Å². The van der Waals surface area contributed by atoms with Crippen LogP contribution in [0.15, 0.2) is 4.99 Å². The first-order chi connectivity index (χ1) is 7.74. The smallest absolute Gasteiger partial charge is 0.185 e. The highest BCUT2D eigenvalue weighted by atomic mass is 15.2. The number of hydrogen-bond acceptors (Lipinski definition) is 2. The number of rotatable bonds is 3. The Hall–Kier alpha value is -0.770. The first kappa shape index (κ1) is 10.4. The highest BCUT2D eigenvalue weighted by molar-refractivity contribution is 5.75. The second-order valence-electron chi connectivity index (χ2n) is 5.73. The predicted molar refractivity (Wildman–Crippen MR) is 64.9 cm³/mol. The molecule has 1 heterocycles. The van der Waals surface area contributed by atoms with E-state index < -0.39 is 0 Å². The van der Waals surface area contributed by atoms with Gasteiger partial charge < -0.3 is 16.4 Å². The van der Waals surface area contributed by atoms with Gasteiger partial charge in [0, 0.05) is 19.6 Å². The molecule has 0 aromatic rings. The molecule has 2 aliphatic carbocycles. The third kappa shape index (κ3) is 1.69. The van der Waals surface area contributed by atoms with Crippen LogP contribution in [0, 0.1) is 23.7 Å². The summed E-state index contributed by atoms with van der Waals surface area (Å²) in [5.41, 5.74) is 10.7. The molecule has 16 heavy (non-hydrogen) atoms. The molecule has 4 nitrogen and oxygen atoms in total. The van der Waals surface area contributed by atoms with E-state index in [0.29, 0.717) is 0 Å². The molecule has 1 aliphatic heterocycles. The molecule has 0 amide bonds. The van der Waals surface area contributed by atoms with E-state index in [4.69, 9.17) is 11.5 Å². The summed E-state index contributed by atoms with van der Waals surface area (Å²) < 4.78 is 0. The van der Waals surface area contributed by atoms with Crippen molar-refractivity contribution < 1.29 is 0 Å². The van der Waals surface area contributed by atoms with Crippen LogP contribution in [0.4, 0.5) is 0 Å². The van der Waals surface area contributed by atoms with Gasteiger partial charge in [-0.1, -0.05) is 0 Å². The molecule has 0 unspecified atom stereocenters. The van der Waals surface area contributed by atoms with Crippen LogP contribution in [-0.2, 0) is 0 Å². The molecule has 0 aromatic carbocycles. The fourth-order valence-electron chi connectivity index (χ4n) is 4.27. The van der Waals surface area contributed by atoms with Crippen LogP contribution in [0.25, 0.3) is 0 Å². The minimum atomic E-state index is 0.222. The number of fused-ring (bicyclic) bond motifs is 5. The van der Waals surface area contributed by atoms with Crippen molar-refractivity contribution in [1.29, 1.82) is 0 Å². The van der Waals surface area contributed by atoms with E-state index in [-0.39, 0.29) is 5.96 Å². The van der Waals surface area contributed by atoms with Gasteiger partial charge in [-0.2, -0.15) is 0 Å². The topological polar surface area (TPSA) is 67.6 Å². The summed E-state index contributed by atoms with van der Waals surface area (Å²) in [6, 6.07) is 0. The van der Waals surface area contributed by atoms with Gasteiger partial charge in [0.05, 0.1) is 6.54 Å². The maximum Gasteiger partial charge on any atom is 0.185 e. The summed E-state index contributed by atoms with van der Waals surface area (Å²) in [7, 11) is 0. The molecule has 3 rings (SSSR count). The largest absolute Gasteiger partial charge is 0.370 e. The Morgan fingerprint density at radius 1 is 1.12 bits per heavy atom. The standard InChI is InChI=1S/C12H22N4/c13-12(14)15-3-4-16-6-10-8-1-2-9(5-8)11(10)7-16/h8-11H,1-7H2,(H4,13,14,15)/t8-,9+,10-,11+. The van der Waals surface area contributed by atoms with E-state index in [2.05, 4.69) is 9.89 Å². The molecule has 90 valence electrons. The van der Waals surface area contributed by atoms with Crippen LogP contribution < -0.4 is 11.5 Å². The summed E-state index contributed by atoms with van der Waals surface area (Å²) in [6.45, 7) is 4.39. The number of nitrogens with two attached hydrogens (primary N) is 2. The molecule has 4 N–H and O–H groups in total. The fourth-order valence-corrected chi connectivity index (χ4v) is 4.27. The second kappa shape index (κ2) is 3.91. The van der Waals surface area contributed by atoms with E-state index in [9.17, 15) is 0 Å². The van der Waals surface area contributed by atoms with Crippen molar-refractivity contribution >= 4 is 5.96 Å². The van der Waals surface area contributed by atoms with Gasteiger partial charge in [-0.3, -0.25) is 4.99 Å². The van der Waals surface area contributed by atoms with Gasteiger partial charge in [0.25, 0.3) is 0 Å². The molecule has 2 bridgehead atoms. The quantitative estimate of drug-likeness (QED) is 0.531. The Bertz CT molecular complexity index is 279. The monoisotopic (exact) mass is 222 g/mol. The van der Waals surface area contributed by atoms with Crippen molar-refractivity contribution in [3.63, 3.8) is 0 Å². The van der Waals surface area contributed by atoms with Gasteiger partial charge in [-0.05, 0) is 42.9 Å². The van der Waals surface area contributed by atoms with Gasteiger partial charge in [0.15, 0.2) is 5.96 Å². The zero-order valence-electron chi connectivity index (χ0n) is 9.81. The minimum Gasteiger partial charge on any atom is -0.370 e. The van der Waals surface area contributed by atoms with Crippen molar-refractivity contribution in [3.05, 3.63) is 0 Å². The summed E-state index contributed by atoms with van der Waals surface area (Å²) in [6.07, 6.45) is 4.51. The second-order valence-corrected chi connectivity index (χ2v) is 5.73. The van der Waals surface area contributed by atoms with Crippen LogP contribution in [0.1, 0.15) is 19.3 Å². The molecule has 3 fully saturated rings. The molecule has 0 spiro atoms. The fraction of sp³-hybridized carbons (Fsp3) is 0.917. The molecule has 0 radical (unpaired) electrons. The molecule has 0 aromatic heterocycles. The van der Waals surface area contributed by atoms with Gasteiger partial charge in [-0.15, -0.1) is 0 Å². The lowest BCUT2D eigenvalue weighted by atomic mass is 9.82. The Morgan fingerprint density at radius 3 is 2.31 bits per heavy atom. The van der Waals surface area contributed by atoms with E-state index in [1.165, 1.54) is 32.4 Å². The Morgan fingerprint density at radius 2 is 1.75 bits per heavy atom. The third-order valence-electron chi connectivity index (χ3n) is 4.92. The van der Waals surface area contributed by atoms with E-state index in [0.717, 1.165) is 36.8 Å². The highest BCUT2D eigenvalue weighted by Gasteiger charge is 2.51. The maximum atomic E-state index is 5.33. The summed E-state index contributed by atoms with van der Waals surface area (Å²) >= 11 is 0. The minimum absolute atomic E-state index is 0.222.